The average Bonchev–Trinajstić information content (AvgIpc) is 2.25. The second-order valence-electron chi connectivity index (χ2n) is 4.75. The molecule has 0 aromatic heterocycles. The van der Waals surface area contributed by atoms with Crippen molar-refractivity contribution in [2.24, 2.45) is 23.7 Å². The van der Waals surface area contributed by atoms with E-state index in [1.807, 2.05) is 27.7 Å². The molecule has 0 amide bonds. The highest BCUT2D eigenvalue weighted by atomic mass is 16.6. The van der Waals surface area contributed by atoms with Crippen LogP contribution in [0.5, 0.6) is 0 Å². The zero-order valence-corrected chi connectivity index (χ0v) is 9.24. The van der Waals surface area contributed by atoms with Crippen molar-refractivity contribution < 1.29 is 14.3 Å². The van der Waals surface area contributed by atoms with Crippen molar-refractivity contribution >= 4 is 11.9 Å². The van der Waals surface area contributed by atoms with Crippen molar-refractivity contribution in [3.05, 3.63) is 0 Å². The van der Waals surface area contributed by atoms with E-state index in [-0.39, 0.29) is 29.7 Å². The number of rotatable bonds is 3. The van der Waals surface area contributed by atoms with Crippen molar-refractivity contribution in [2.45, 2.75) is 34.1 Å². The zero-order chi connectivity index (χ0) is 10.9. The van der Waals surface area contributed by atoms with Crippen molar-refractivity contribution in [2.75, 3.05) is 0 Å². The molecule has 1 rings (SSSR count). The van der Waals surface area contributed by atoms with Gasteiger partial charge in [-0.2, -0.15) is 0 Å². The van der Waals surface area contributed by atoms with E-state index >= 15 is 0 Å². The van der Waals surface area contributed by atoms with Crippen LogP contribution in [0.15, 0.2) is 0 Å². The minimum atomic E-state index is -0.337. The summed E-state index contributed by atoms with van der Waals surface area (Å²) >= 11 is 0. The zero-order valence-electron chi connectivity index (χ0n) is 9.24. The molecular formula is C11H18O3. The first-order valence-corrected chi connectivity index (χ1v) is 5.19. The van der Waals surface area contributed by atoms with Crippen LogP contribution in [-0.2, 0) is 14.3 Å². The van der Waals surface area contributed by atoms with Crippen LogP contribution in [0.3, 0.4) is 0 Å². The van der Waals surface area contributed by atoms with Crippen molar-refractivity contribution in [1.29, 1.82) is 0 Å². The molecule has 0 spiro atoms. The van der Waals surface area contributed by atoms with Gasteiger partial charge in [-0.15, -0.1) is 0 Å². The highest BCUT2D eigenvalue weighted by Crippen LogP contribution is 2.34. The van der Waals surface area contributed by atoms with Gasteiger partial charge in [0.2, 0.25) is 0 Å². The summed E-state index contributed by atoms with van der Waals surface area (Å²) in [7, 11) is 0. The Bertz CT molecular complexity index is 243. The third-order valence-corrected chi connectivity index (χ3v) is 2.65. The van der Waals surface area contributed by atoms with Crippen molar-refractivity contribution in [3.8, 4) is 0 Å². The second kappa shape index (κ2) is 4.11. The van der Waals surface area contributed by atoms with Gasteiger partial charge < -0.3 is 4.74 Å². The molecular weight excluding hydrogens is 180 g/mol. The molecule has 3 nitrogen and oxygen atoms in total. The molecule has 80 valence electrons. The summed E-state index contributed by atoms with van der Waals surface area (Å²) in [6.07, 6.45) is 0.743. The molecule has 0 bridgehead atoms. The van der Waals surface area contributed by atoms with Crippen LogP contribution in [0.1, 0.15) is 34.1 Å². The van der Waals surface area contributed by atoms with Crippen LogP contribution in [0.25, 0.3) is 0 Å². The maximum Gasteiger partial charge on any atom is 0.317 e. The van der Waals surface area contributed by atoms with E-state index in [1.165, 1.54) is 0 Å². The average molecular weight is 198 g/mol. The van der Waals surface area contributed by atoms with Crippen LogP contribution in [0.2, 0.25) is 0 Å². The number of hydrogen-bond donors (Lipinski definition) is 0. The third kappa shape index (κ3) is 2.14. The summed E-state index contributed by atoms with van der Waals surface area (Å²) in [5.41, 5.74) is 0. The molecule has 2 atom stereocenters. The molecule has 2 unspecified atom stereocenters. The smallest absolute Gasteiger partial charge is 0.317 e. The fraction of sp³-hybridized carbons (Fsp3) is 0.818. The summed E-state index contributed by atoms with van der Waals surface area (Å²) < 4.78 is 4.67. The summed E-state index contributed by atoms with van der Waals surface area (Å²) in [6, 6.07) is 0. The quantitative estimate of drug-likeness (QED) is 0.514. The minimum absolute atomic E-state index is 0.178. The molecule has 0 aromatic carbocycles. The third-order valence-electron chi connectivity index (χ3n) is 2.65. The molecule has 1 aliphatic heterocycles. The van der Waals surface area contributed by atoms with E-state index in [2.05, 4.69) is 4.74 Å². The lowest BCUT2D eigenvalue weighted by Gasteiger charge is -2.18. The molecule has 0 aliphatic carbocycles. The van der Waals surface area contributed by atoms with E-state index in [1.54, 1.807) is 0 Å². The van der Waals surface area contributed by atoms with Gasteiger partial charge in [0.1, 0.15) is 0 Å². The lowest BCUT2D eigenvalue weighted by atomic mass is 9.81. The Morgan fingerprint density at radius 2 is 1.71 bits per heavy atom. The van der Waals surface area contributed by atoms with Gasteiger partial charge in [0.25, 0.3) is 0 Å². The fourth-order valence-electron chi connectivity index (χ4n) is 2.04. The number of ether oxygens (including phenoxy) is 1. The molecule has 0 N–H and O–H groups in total. The molecule has 1 heterocycles. The van der Waals surface area contributed by atoms with Gasteiger partial charge in [-0.25, -0.2) is 0 Å². The normalized spacial score (nSPS) is 27.6. The topological polar surface area (TPSA) is 43.4 Å². The molecule has 3 heteroatoms. The molecule has 0 aromatic rings. The van der Waals surface area contributed by atoms with Gasteiger partial charge in [-0.1, -0.05) is 27.7 Å². The SMILES string of the molecule is CC(C)CC1C(=O)OC(=O)C1C(C)C. The van der Waals surface area contributed by atoms with Crippen LogP contribution < -0.4 is 0 Å². The Morgan fingerprint density at radius 1 is 1.14 bits per heavy atom. The standard InChI is InChI=1S/C11H18O3/c1-6(2)5-8-9(7(3)4)11(13)14-10(8)12/h6-9H,5H2,1-4H3. The molecule has 1 fully saturated rings. The number of esters is 2. The van der Waals surface area contributed by atoms with Crippen molar-refractivity contribution in [3.63, 3.8) is 0 Å². The largest absolute Gasteiger partial charge is 0.393 e. The van der Waals surface area contributed by atoms with E-state index in [0.29, 0.717) is 5.92 Å². The number of carbonyl (C=O) groups excluding carboxylic acids is 2. The first-order chi connectivity index (χ1) is 6.43. The van der Waals surface area contributed by atoms with Gasteiger partial charge in [0, 0.05) is 0 Å². The van der Waals surface area contributed by atoms with Gasteiger partial charge in [0.05, 0.1) is 11.8 Å². The number of carbonyl (C=O) groups is 2. The molecule has 1 aliphatic rings. The summed E-state index contributed by atoms with van der Waals surface area (Å²) in [5.74, 6) is -0.525. The number of hydrogen-bond acceptors (Lipinski definition) is 3. The minimum Gasteiger partial charge on any atom is -0.393 e. The first-order valence-electron chi connectivity index (χ1n) is 5.19. The van der Waals surface area contributed by atoms with Crippen LogP contribution in [-0.4, -0.2) is 11.9 Å². The Morgan fingerprint density at radius 3 is 2.14 bits per heavy atom. The Kier molecular flexibility index (Phi) is 3.29. The Labute approximate surface area is 84.8 Å². The van der Waals surface area contributed by atoms with Gasteiger partial charge >= 0.3 is 11.9 Å². The van der Waals surface area contributed by atoms with Crippen LogP contribution in [0.4, 0.5) is 0 Å². The fourth-order valence-corrected chi connectivity index (χ4v) is 2.04. The first kappa shape index (κ1) is 11.2. The van der Waals surface area contributed by atoms with Crippen LogP contribution >= 0.6 is 0 Å². The Balaban J connectivity index is 2.78. The highest BCUT2D eigenvalue weighted by Gasteiger charge is 2.45. The lowest BCUT2D eigenvalue weighted by molar-refractivity contribution is -0.154. The predicted octanol–water partition coefficient (Wildman–Crippen LogP) is 2.00. The lowest BCUT2D eigenvalue weighted by Crippen LogP contribution is -2.24. The van der Waals surface area contributed by atoms with Crippen molar-refractivity contribution in [1.82, 2.24) is 0 Å². The predicted molar refractivity (Wildman–Crippen MR) is 52.4 cm³/mol. The maximum absolute atomic E-state index is 11.4. The molecule has 0 saturated carbocycles. The van der Waals surface area contributed by atoms with Gasteiger partial charge in [0.15, 0.2) is 0 Å². The molecule has 14 heavy (non-hydrogen) atoms. The molecule has 0 radical (unpaired) electrons. The second-order valence-corrected chi connectivity index (χ2v) is 4.75. The van der Waals surface area contributed by atoms with Gasteiger partial charge in [-0.05, 0) is 18.3 Å². The van der Waals surface area contributed by atoms with E-state index < -0.39 is 0 Å². The highest BCUT2D eigenvalue weighted by molar-refractivity contribution is 5.96. The monoisotopic (exact) mass is 198 g/mol. The van der Waals surface area contributed by atoms with Gasteiger partial charge in [-0.3, -0.25) is 9.59 Å². The Hall–Kier alpha value is -0.860. The van der Waals surface area contributed by atoms with E-state index in [9.17, 15) is 9.59 Å². The number of cyclic esters (lactones) is 2. The van der Waals surface area contributed by atoms with E-state index in [0.717, 1.165) is 6.42 Å². The maximum atomic E-state index is 11.4. The molecule has 1 saturated heterocycles. The summed E-state index contributed by atoms with van der Waals surface area (Å²) in [5, 5.41) is 0. The summed E-state index contributed by atoms with van der Waals surface area (Å²) in [4.78, 5) is 22.8. The summed E-state index contributed by atoms with van der Waals surface area (Å²) in [6.45, 7) is 8.01. The van der Waals surface area contributed by atoms with Crippen LogP contribution in [0, 0.1) is 23.7 Å². The van der Waals surface area contributed by atoms with E-state index in [4.69, 9.17) is 0 Å².